The van der Waals surface area contributed by atoms with Crippen LogP contribution < -0.4 is 5.32 Å². The Bertz CT molecular complexity index is 739. The minimum atomic E-state index is -0.100. The summed E-state index contributed by atoms with van der Waals surface area (Å²) in [6, 6.07) is 0. The van der Waals surface area contributed by atoms with E-state index in [9.17, 15) is 5.11 Å². The van der Waals surface area contributed by atoms with Gasteiger partial charge in [0.25, 0.3) is 0 Å². The molecule has 2 heterocycles. The average Bonchev–Trinajstić information content (AvgIpc) is 3.16. The van der Waals surface area contributed by atoms with E-state index in [2.05, 4.69) is 39.1 Å². The summed E-state index contributed by atoms with van der Waals surface area (Å²) in [5, 5.41) is 14.1. The molecule has 3 saturated carbocycles. The van der Waals surface area contributed by atoms with Crippen molar-refractivity contribution >= 4 is 0 Å². The summed E-state index contributed by atoms with van der Waals surface area (Å²) in [7, 11) is 0. The van der Waals surface area contributed by atoms with E-state index in [0.29, 0.717) is 22.9 Å². The summed E-state index contributed by atoms with van der Waals surface area (Å²) >= 11 is 0. The molecule has 7 unspecified atom stereocenters. The van der Waals surface area contributed by atoms with E-state index < -0.39 is 0 Å². The lowest BCUT2D eigenvalue weighted by Gasteiger charge is -2.58. The average molecular weight is 414 g/mol. The fourth-order valence-electron chi connectivity index (χ4n) is 9.84. The Kier molecular flexibility index (Phi) is 4.44. The Hall–Kier alpha value is -0.380. The third-order valence-corrected chi connectivity index (χ3v) is 11.6. The van der Waals surface area contributed by atoms with Crippen molar-refractivity contribution < 1.29 is 9.84 Å². The van der Waals surface area contributed by atoms with Gasteiger partial charge in [0, 0.05) is 12.5 Å². The van der Waals surface area contributed by atoms with Gasteiger partial charge in [-0.15, -0.1) is 0 Å². The van der Waals surface area contributed by atoms with Gasteiger partial charge >= 0.3 is 0 Å². The van der Waals surface area contributed by atoms with Crippen molar-refractivity contribution in [2.24, 2.45) is 46.3 Å². The van der Waals surface area contributed by atoms with Crippen LogP contribution in [0.3, 0.4) is 0 Å². The molecule has 0 radical (unpaired) electrons. The third-order valence-electron chi connectivity index (χ3n) is 11.6. The topological polar surface area (TPSA) is 41.5 Å². The van der Waals surface area contributed by atoms with Crippen LogP contribution in [-0.4, -0.2) is 29.6 Å². The van der Waals surface area contributed by atoms with Crippen molar-refractivity contribution in [1.29, 1.82) is 0 Å². The summed E-state index contributed by atoms with van der Waals surface area (Å²) in [6.45, 7) is 11.2. The number of fused-ring (bicyclic) bond motifs is 7. The lowest BCUT2D eigenvalue weighted by molar-refractivity contribution is -0.115. The van der Waals surface area contributed by atoms with Gasteiger partial charge in [0.05, 0.1) is 12.2 Å². The monoisotopic (exact) mass is 413 g/mol. The Morgan fingerprint density at radius 1 is 1.07 bits per heavy atom. The number of ether oxygens (including phenoxy) is 1. The molecular weight excluding hydrogens is 370 g/mol. The molecule has 0 aromatic carbocycles. The first-order valence-electron chi connectivity index (χ1n) is 13.1. The number of rotatable bonds is 0. The summed E-state index contributed by atoms with van der Waals surface area (Å²) in [5.41, 5.74) is 2.33. The molecule has 3 nitrogen and oxygen atoms in total. The molecule has 11 atom stereocenters. The van der Waals surface area contributed by atoms with Crippen LogP contribution in [0.4, 0.5) is 0 Å². The van der Waals surface area contributed by atoms with Crippen LogP contribution in [0.25, 0.3) is 0 Å². The Labute approximate surface area is 183 Å². The van der Waals surface area contributed by atoms with E-state index in [1.165, 1.54) is 44.9 Å². The molecule has 2 aliphatic heterocycles. The second-order valence-corrected chi connectivity index (χ2v) is 12.8. The van der Waals surface area contributed by atoms with E-state index in [4.69, 9.17) is 4.74 Å². The van der Waals surface area contributed by atoms with Crippen LogP contribution in [0.2, 0.25) is 0 Å². The number of hydrogen-bond donors (Lipinski definition) is 2. The predicted octanol–water partition coefficient (Wildman–Crippen LogP) is 5.29. The van der Waals surface area contributed by atoms with Gasteiger partial charge in [-0.3, -0.25) is 5.32 Å². The van der Waals surface area contributed by atoms with Crippen molar-refractivity contribution in [1.82, 2.24) is 5.32 Å². The van der Waals surface area contributed by atoms with Crippen molar-refractivity contribution in [3.05, 3.63) is 11.6 Å². The zero-order chi connectivity index (χ0) is 20.9. The van der Waals surface area contributed by atoms with E-state index in [1.807, 2.05) is 0 Å². The standard InChI is InChI=1S/C27H43NO2/c1-16-7-12-27(28-15-16)17(2)24-23(30-27)14-22-20-6-5-18-13-19(29)8-10-25(18,3)21(20)9-11-26(22,24)4/h5,16-17,19-24,28-29H,6-15H2,1-4H3/t16?,17-,19-,20?,21?,22?,23?,24?,25-,26-,27?/m0/s1. The molecule has 3 heteroatoms. The highest BCUT2D eigenvalue weighted by molar-refractivity contribution is 5.26. The molecule has 6 rings (SSSR count). The van der Waals surface area contributed by atoms with E-state index >= 15 is 0 Å². The summed E-state index contributed by atoms with van der Waals surface area (Å²) < 4.78 is 7.00. The molecule has 30 heavy (non-hydrogen) atoms. The number of aliphatic hydroxyl groups excluding tert-OH is 1. The van der Waals surface area contributed by atoms with Gasteiger partial charge in [-0.25, -0.2) is 0 Å². The SMILES string of the molecule is CC1CCC2(NC1)OC1CC3C4CC=C5C[C@@H](O)CC[C@]5(C)C4CC[C@]3(C)C1[C@@H]2C. The van der Waals surface area contributed by atoms with Crippen LogP contribution in [0.5, 0.6) is 0 Å². The molecule has 0 aromatic heterocycles. The smallest absolute Gasteiger partial charge is 0.122 e. The number of nitrogens with one attached hydrogen (secondary N) is 1. The van der Waals surface area contributed by atoms with Crippen molar-refractivity contribution in [2.75, 3.05) is 6.54 Å². The second-order valence-electron chi connectivity index (χ2n) is 12.8. The van der Waals surface area contributed by atoms with Crippen molar-refractivity contribution in [2.45, 2.75) is 103 Å². The van der Waals surface area contributed by atoms with Crippen LogP contribution in [0.1, 0.15) is 85.5 Å². The molecule has 0 amide bonds. The normalized spacial score (nSPS) is 59.8. The third kappa shape index (κ3) is 2.55. The molecular formula is C27H43NO2. The first kappa shape index (κ1) is 20.2. The van der Waals surface area contributed by atoms with Gasteiger partial charge in [0.2, 0.25) is 0 Å². The Balaban J connectivity index is 1.28. The molecule has 1 spiro atoms. The van der Waals surface area contributed by atoms with Crippen LogP contribution in [-0.2, 0) is 4.74 Å². The maximum Gasteiger partial charge on any atom is 0.122 e. The molecule has 5 fully saturated rings. The Morgan fingerprint density at radius 2 is 1.90 bits per heavy atom. The zero-order valence-corrected chi connectivity index (χ0v) is 19.6. The highest BCUT2D eigenvalue weighted by atomic mass is 16.5. The maximum absolute atomic E-state index is 10.3. The second kappa shape index (κ2) is 6.58. The van der Waals surface area contributed by atoms with E-state index in [1.54, 1.807) is 5.57 Å². The number of hydrogen-bond acceptors (Lipinski definition) is 3. The predicted molar refractivity (Wildman–Crippen MR) is 120 cm³/mol. The maximum atomic E-state index is 10.3. The number of aliphatic hydroxyl groups is 1. The van der Waals surface area contributed by atoms with Crippen LogP contribution in [0, 0.1) is 46.3 Å². The summed E-state index contributed by atoms with van der Waals surface area (Å²) in [4.78, 5) is 0. The molecule has 0 bridgehead atoms. The summed E-state index contributed by atoms with van der Waals surface area (Å²) in [6.07, 6.45) is 13.8. The van der Waals surface area contributed by atoms with Crippen molar-refractivity contribution in [3.8, 4) is 0 Å². The highest BCUT2D eigenvalue weighted by Gasteiger charge is 2.68. The number of piperidine rings is 1. The zero-order valence-electron chi connectivity index (χ0n) is 19.6. The lowest BCUT2D eigenvalue weighted by atomic mass is 9.47. The van der Waals surface area contributed by atoms with Gasteiger partial charge in [-0.05, 0) is 98.2 Å². The molecule has 6 aliphatic rings. The van der Waals surface area contributed by atoms with Crippen LogP contribution in [0.15, 0.2) is 11.6 Å². The van der Waals surface area contributed by atoms with Gasteiger partial charge in [-0.1, -0.05) is 39.3 Å². The van der Waals surface area contributed by atoms with Gasteiger partial charge in [0.1, 0.15) is 5.72 Å². The lowest BCUT2D eigenvalue weighted by Crippen LogP contribution is -2.57. The van der Waals surface area contributed by atoms with Crippen LogP contribution >= 0.6 is 0 Å². The molecule has 2 saturated heterocycles. The van der Waals surface area contributed by atoms with E-state index in [-0.39, 0.29) is 11.8 Å². The molecule has 0 aromatic rings. The highest BCUT2D eigenvalue weighted by Crippen LogP contribution is 2.70. The van der Waals surface area contributed by atoms with Gasteiger partial charge in [-0.2, -0.15) is 0 Å². The minimum Gasteiger partial charge on any atom is -0.393 e. The quantitative estimate of drug-likeness (QED) is 0.530. The summed E-state index contributed by atoms with van der Waals surface area (Å²) in [5.74, 6) is 4.58. The van der Waals surface area contributed by atoms with Gasteiger partial charge in [0.15, 0.2) is 0 Å². The minimum absolute atomic E-state index is 0.0439. The largest absolute Gasteiger partial charge is 0.393 e. The van der Waals surface area contributed by atoms with Gasteiger partial charge < -0.3 is 9.84 Å². The fourth-order valence-corrected chi connectivity index (χ4v) is 9.84. The molecule has 168 valence electrons. The first-order chi connectivity index (χ1) is 14.3. The first-order valence-corrected chi connectivity index (χ1v) is 13.1. The molecule has 4 aliphatic carbocycles. The van der Waals surface area contributed by atoms with Crippen molar-refractivity contribution in [3.63, 3.8) is 0 Å². The molecule has 2 N–H and O–H groups in total. The fraction of sp³-hybridized carbons (Fsp3) is 0.926. The number of allylic oxidation sites excluding steroid dienone is 1. The van der Waals surface area contributed by atoms with E-state index in [0.717, 1.165) is 49.0 Å². The Morgan fingerprint density at radius 3 is 2.67 bits per heavy atom.